The molecule has 1 aliphatic rings. The topological polar surface area (TPSA) is 122 Å². The highest BCUT2D eigenvalue weighted by atomic mass is 32.2. The highest BCUT2D eigenvalue weighted by molar-refractivity contribution is 7.89. The third-order valence-electron chi connectivity index (χ3n) is 3.97. The van der Waals surface area contributed by atoms with Crippen LogP contribution in [-0.4, -0.2) is 56.8 Å². The molecule has 1 aromatic rings. The lowest BCUT2D eigenvalue weighted by molar-refractivity contribution is -0.157. The van der Waals surface area contributed by atoms with E-state index in [1.807, 2.05) is 0 Å². The molecule has 0 unspecified atom stereocenters. The van der Waals surface area contributed by atoms with Gasteiger partial charge < -0.3 is 15.0 Å². The van der Waals surface area contributed by atoms with Crippen LogP contribution in [0, 0.1) is 0 Å². The number of likely N-dealkylation sites (tertiary alicyclic amines) is 1. The monoisotopic (exact) mass is 397 g/mol. The second kappa shape index (κ2) is 8.96. The van der Waals surface area contributed by atoms with Crippen LogP contribution < -0.4 is 10.0 Å². The van der Waals surface area contributed by atoms with E-state index in [1.54, 1.807) is 4.90 Å². The van der Waals surface area contributed by atoms with Gasteiger partial charge in [-0.2, -0.15) is 4.72 Å². The number of nitrogens with one attached hydrogen (secondary N) is 2. The van der Waals surface area contributed by atoms with E-state index in [9.17, 15) is 22.8 Å². The second-order valence-corrected chi connectivity index (χ2v) is 7.96. The summed E-state index contributed by atoms with van der Waals surface area (Å²) in [4.78, 5) is 36.5. The second-order valence-electron chi connectivity index (χ2n) is 6.19. The normalized spacial score (nSPS) is 15.3. The van der Waals surface area contributed by atoms with Gasteiger partial charge in [0.2, 0.25) is 15.9 Å². The number of esters is 1. The van der Waals surface area contributed by atoms with Crippen LogP contribution in [0.4, 0.5) is 5.69 Å². The van der Waals surface area contributed by atoms with Gasteiger partial charge in [0, 0.05) is 25.7 Å². The SMILES string of the molecule is CC(=O)Nc1ccc(S(=O)(=O)NCC(=O)O[C@H](C)C(=O)N2CCCC2)cc1. The van der Waals surface area contributed by atoms with Gasteiger partial charge in [-0.1, -0.05) is 0 Å². The van der Waals surface area contributed by atoms with Gasteiger partial charge in [-0.15, -0.1) is 0 Å². The van der Waals surface area contributed by atoms with Crippen molar-refractivity contribution in [3.05, 3.63) is 24.3 Å². The summed E-state index contributed by atoms with van der Waals surface area (Å²) in [5.41, 5.74) is 0.454. The number of hydrogen-bond acceptors (Lipinski definition) is 6. The van der Waals surface area contributed by atoms with E-state index in [1.165, 1.54) is 38.1 Å². The molecule has 1 atom stereocenters. The number of hydrogen-bond donors (Lipinski definition) is 2. The Morgan fingerprint density at radius 1 is 1.15 bits per heavy atom. The van der Waals surface area contributed by atoms with Crippen LogP contribution in [0.5, 0.6) is 0 Å². The van der Waals surface area contributed by atoms with Crippen LogP contribution in [0.1, 0.15) is 26.7 Å². The van der Waals surface area contributed by atoms with E-state index in [4.69, 9.17) is 4.74 Å². The maximum absolute atomic E-state index is 12.2. The van der Waals surface area contributed by atoms with Crippen molar-refractivity contribution in [2.75, 3.05) is 25.0 Å². The molecule has 1 saturated heterocycles. The Morgan fingerprint density at radius 3 is 2.30 bits per heavy atom. The molecule has 1 heterocycles. The lowest BCUT2D eigenvalue weighted by atomic mass is 10.3. The number of amides is 2. The van der Waals surface area contributed by atoms with E-state index < -0.39 is 28.6 Å². The molecule has 2 N–H and O–H groups in total. The largest absolute Gasteiger partial charge is 0.452 e. The Morgan fingerprint density at radius 2 is 1.74 bits per heavy atom. The van der Waals surface area contributed by atoms with Gasteiger partial charge >= 0.3 is 5.97 Å². The summed E-state index contributed by atoms with van der Waals surface area (Å²) >= 11 is 0. The Bertz CT molecular complexity index is 800. The molecular formula is C17H23N3O6S. The lowest BCUT2D eigenvalue weighted by Gasteiger charge is -2.20. The maximum atomic E-state index is 12.2. The van der Waals surface area contributed by atoms with Crippen LogP contribution in [0.2, 0.25) is 0 Å². The molecule has 0 radical (unpaired) electrons. The van der Waals surface area contributed by atoms with Gasteiger partial charge in [-0.3, -0.25) is 14.4 Å². The first-order valence-corrected chi connectivity index (χ1v) is 10.0. The third kappa shape index (κ3) is 6.04. The zero-order chi connectivity index (χ0) is 20.0. The average molecular weight is 397 g/mol. The molecule has 9 nitrogen and oxygen atoms in total. The van der Waals surface area contributed by atoms with Crippen molar-refractivity contribution in [3.63, 3.8) is 0 Å². The predicted molar refractivity (Wildman–Crippen MR) is 97.3 cm³/mol. The molecule has 0 aromatic heterocycles. The van der Waals surface area contributed by atoms with E-state index in [-0.39, 0.29) is 16.7 Å². The Kier molecular flexibility index (Phi) is 6.92. The van der Waals surface area contributed by atoms with Gasteiger partial charge in [0.05, 0.1) is 4.90 Å². The fourth-order valence-electron chi connectivity index (χ4n) is 2.64. The van der Waals surface area contributed by atoms with Crippen LogP contribution in [0.25, 0.3) is 0 Å². The summed E-state index contributed by atoms with van der Waals surface area (Å²) in [6.45, 7) is 3.50. The van der Waals surface area contributed by atoms with Gasteiger partial charge in [-0.25, -0.2) is 8.42 Å². The number of anilines is 1. The van der Waals surface area contributed by atoms with Crippen molar-refractivity contribution in [1.82, 2.24) is 9.62 Å². The average Bonchev–Trinajstić information content (AvgIpc) is 3.14. The molecular weight excluding hydrogens is 374 g/mol. The molecule has 1 aromatic carbocycles. The van der Waals surface area contributed by atoms with Crippen LogP contribution in [0.3, 0.4) is 0 Å². The van der Waals surface area contributed by atoms with Crippen molar-refractivity contribution >= 4 is 33.5 Å². The Hall–Kier alpha value is -2.46. The number of rotatable bonds is 7. The number of ether oxygens (including phenoxy) is 1. The molecule has 2 amide bonds. The molecule has 10 heteroatoms. The Labute approximate surface area is 158 Å². The predicted octanol–water partition coefficient (Wildman–Crippen LogP) is 0.477. The lowest BCUT2D eigenvalue weighted by Crippen LogP contribution is -2.40. The minimum Gasteiger partial charge on any atom is -0.452 e. The first-order chi connectivity index (χ1) is 12.7. The van der Waals surface area contributed by atoms with Crippen LogP contribution in [0.15, 0.2) is 29.2 Å². The molecule has 0 spiro atoms. The summed E-state index contributed by atoms with van der Waals surface area (Å²) in [6, 6.07) is 5.48. The van der Waals surface area contributed by atoms with Crippen molar-refractivity contribution in [2.24, 2.45) is 0 Å². The zero-order valence-corrected chi connectivity index (χ0v) is 16.0. The minimum atomic E-state index is -3.93. The summed E-state index contributed by atoms with van der Waals surface area (Å²) in [5.74, 6) is -1.39. The summed E-state index contributed by atoms with van der Waals surface area (Å²) in [6.07, 6.45) is 0.886. The first kappa shape index (κ1) is 20.8. The van der Waals surface area contributed by atoms with E-state index >= 15 is 0 Å². The van der Waals surface area contributed by atoms with Crippen molar-refractivity contribution in [1.29, 1.82) is 0 Å². The van der Waals surface area contributed by atoms with Crippen molar-refractivity contribution in [2.45, 2.75) is 37.7 Å². The van der Waals surface area contributed by atoms with E-state index in [0.29, 0.717) is 18.8 Å². The standard InChI is InChI=1S/C17H23N3O6S/c1-12(17(23)20-9-3-4-10-20)26-16(22)11-18-27(24,25)15-7-5-14(6-8-15)19-13(2)21/h5-8,12,18H,3-4,9-11H2,1-2H3,(H,19,21)/t12-/m1/s1. The Balaban J connectivity index is 1.87. The molecule has 1 aliphatic heterocycles. The fourth-order valence-corrected chi connectivity index (χ4v) is 3.61. The highest BCUT2D eigenvalue weighted by Crippen LogP contribution is 2.14. The van der Waals surface area contributed by atoms with Gasteiger partial charge in [0.25, 0.3) is 5.91 Å². The van der Waals surface area contributed by atoms with Gasteiger partial charge in [0.1, 0.15) is 6.54 Å². The van der Waals surface area contributed by atoms with Crippen molar-refractivity contribution in [3.8, 4) is 0 Å². The van der Waals surface area contributed by atoms with Crippen molar-refractivity contribution < 1.29 is 27.5 Å². The summed E-state index contributed by atoms with van der Waals surface area (Å²) in [7, 11) is -3.93. The summed E-state index contributed by atoms with van der Waals surface area (Å²) in [5, 5.41) is 2.52. The summed E-state index contributed by atoms with van der Waals surface area (Å²) < 4.78 is 31.6. The number of carbonyl (C=O) groups is 3. The molecule has 0 bridgehead atoms. The number of benzene rings is 1. The number of nitrogens with zero attached hydrogens (tertiary/aromatic N) is 1. The molecule has 27 heavy (non-hydrogen) atoms. The van der Waals surface area contributed by atoms with Crippen LogP contribution >= 0.6 is 0 Å². The minimum absolute atomic E-state index is 0.0643. The molecule has 1 fully saturated rings. The number of sulfonamides is 1. The van der Waals surface area contributed by atoms with Gasteiger partial charge in [-0.05, 0) is 44.0 Å². The molecule has 148 valence electrons. The molecule has 0 aliphatic carbocycles. The molecule has 2 rings (SSSR count). The quantitative estimate of drug-likeness (QED) is 0.645. The first-order valence-electron chi connectivity index (χ1n) is 8.54. The zero-order valence-electron chi connectivity index (χ0n) is 15.2. The smallest absolute Gasteiger partial charge is 0.321 e. The van der Waals surface area contributed by atoms with Gasteiger partial charge in [0.15, 0.2) is 6.10 Å². The van der Waals surface area contributed by atoms with E-state index in [2.05, 4.69) is 10.0 Å². The van der Waals surface area contributed by atoms with E-state index in [0.717, 1.165) is 12.8 Å². The van der Waals surface area contributed by atoms with Crippen LogP contribution in [-0.2, 0) is 29.1 Å². The molecule has 0 saturated carbocycles. The fraction of sp³-hybridized carbons (Fsp3) is 0.471. The number of carbonyl (C=O) groups excluding carboxylic acids is 3. The third-order valence-corrected chi connectivity index (χ3v) is 5.38. The maximum Gasteiger partial charge on any atom is 0.321 e. The highest BCUT2D eigenvalue weighted by Gasteiger charge is 2.26.